The van der Waals surface area contributed by atoms with Crippen LogP contribution in [0.1, 0.15) is 25.3 Å². The molecular formula is C13H16FNO2. The number of hydrogen-bond donors (Lipinski definition) is 1. The van der Waals surface area contributed by atoms with Gasteiger partial charge in [-0.1, -0.05) is 19.1 Å². The normalized spacial score (nSPS) is 16.6. The van der Waals surface area contributed by atoms with Crippen LogP contribution in [-0.4, -0.2) is 22.6 Å². The minimum atomic E-state index is -0.914. The Balaban J connectivity index is 2.02. The second-order valence-corrected chi connectivity index (χ2v) is 5.08. The highest BCUT2D eigenvalue weighted by Crippen LogP contribution is 2.45. The first kappa shape index (κ1) is 11.9. The predicted molar refractivity (Wildman–Crippen MR) is 62.2 cm³/mol. The quantitative estimate of drug-likeness (QED) is 0.874. The van der Waals surface area contributed by atoms with Crippen LogP contribution in [0, 0.1) is 11.2 Å². The lowest BCUT2D eigenvalue weighted by atomic mass is 10.1. The highest BCUT2D eigenvalue weighted by Gasteiger charge is 2.39. The van der Waals surface area contributed by atoms with Crippen molar-refractivity contribution in [3.63, 3.8) is 0 Å². The molecule has 1 fully saturated rings. The van der Waals surface area contributed by atoms with Crippen LogP contribution >= 0.6 is 0 Å². The van der Waals surface area contributed by atoms with E-state index < -0.39 is 6.09 Å². The van der Waals surface area contributed by atoms with E-state index in [-0.39, 0.29) is 11.2 Å². The molecule has 0 aliphatic heterocycles. The van der Waals surface area contributed by atoms with Gasteiger partial charge in [0.1, 0.15) is 5.82 Å². The number of hydrogen-bond acceptors (Lipinski definition) is 1. The summed E-state index contributed by atoms with van der Waals surface area (Å²) in [5.41, 5.74) is 0.969. The van der Waals surface area contributed by atoms with Crippen LogP contribution in [-0.2, 0) is 6.54 Å². The zero-order valence-corrected chi connectivity index (χ0v) is 9.82. The van der Waals surface area contributed by atoms with Crippen molar-refractivity contribution in [2.75, 3.05) is 6.54 Å². The van der Waals surface area contributed by atoms with Gasteiger partial charge in [-0.05, 0) is 36.0 Å². The third kappa shape index (κ3) is 3.19. The van der Waals surface area contributed by atoms with E-state index in [0.717, 1.165) is 18.4 Å². The highest BCUT2D eigenvalue weighted by molar-refractivity contribution is 5.65. The Bertz CT molecular complexity index is 412. The molecule has 0 heterocycles. The number of carbonyl (C=O) groups is 1. The van der Waals surface area contributed by atoms with Crippen LogP contribution < -0.4 is 0 Å². The SMILES string of the molecule is CC1(CN(Cc2ccc(F)cc2)C(=O)O)CC1. The molecule has 0 radical (unpaired) electrons. The smallest absolute Gasteiger partial charge is 0.407 e. The van der Waals surface area contributed by atoms with Gasteiger partial charge >= 0.3 is 6.09 Å². The Kier molecular flexibility index (Phi) is 3.05. The van der Waals surface area contributed by atoms with Crippen molar-refractivity contribution in [1.82, 2.24) is 4.90 Å². The summed E-state index contributed by atoms with van der Waals surface area (Å²) >= 11 is 0. The zero-order chi connectivity index (χ0) is 12.5. The molecule has 1 saturated carbocycles. The summed E-state index contributed by atoms with van der Waals surface area (Å²) in [6, 6.07) is 5.96. The molecule has 0 saturated heterocycles. The predicted octanol–water partition coefficient (Wildman–Crippen LogP) is 3.11. The van der Waals surface area contributed by atoms with Gasteiger partial charge in [-0.25, -0.2) is 9.18 Å². The number of benzene rings is 1. The molecule has 1 aromatic carbocycles. The topological polar surface area (TPSA) is 40.5 Å². The molecule has 0 bridgehead atoms. The fraction of sp³-hybridized carbons (Fsp3) is 0.462. The molecule has 1 aliphatic rings. The standard InChI is InChI=1S/C13H16FNO2/c1-13(6-7-13)9-15(12(16)17)8-10-2-4-11(14)5-3-10/h2-5H,6-9H2,1H3,(H,16,17). The molecule has 92 valence electrons. The van der Waals surface area contributed by atoms with E-state index in [2.05, 4.69) is 6.92 Å². The molecule has 0 atom stereocenters. The van der Waals surface area contributed by atoms with Crippen LogP contribution in [0.5, 0.6) is 0 Å². The van der Waals surface area contributed by atoms with E-state index in [9.17, 15) is 9.18 Å². The third-order valence-corrected chi connectivity index (χ3v) is 3.23. The Morgan fingerprint density at radius 2 is 2.00 bits per heavy atom. The summed E-state index contributed by atoms with van der Waals surface area (Å²) in [6.07, 6.45) is 1.25. The zero-order valence-electron chi connectivity index (χ0n) is 9.82. The molecule has 1 aromatic rings. The number of amides is 1. The first-order valence-electron chi connectivity index (χ1n) is 5.71. The number of rotatable bonds is 4. The Morgan fingerprint density at radius 3 is 2.47 bits per heavy atom. The molecule has 0 unspecified atom stereocenters. The first-order chi connectivity index (χ1) is 7.98. The van der Waals surface area contributed by atoms with Gasteiger partial charge in [-0.15, -0.1) is 0 Å². The minimum Gasteiger partial charge on any atom is -0.465 e. The van der Waals surface area contributed by atoms with E-state index in [4.69, 9.17) is 5.11 Å². The average molecular weight is 237 g/mol. The summed E-state index contributed by atoms with van der Waals surface area (Å²) in [6.45, 7) is 2.97. The van der Waals surface area contributed by atoms with Crippen LogP contribution in [0.15, 0.2) is 24.3 Å². The van der Waals surface area contributed by atoms with Gasteiger partial charge in [0.25, 0.3) is 0 Å². The van der Waals surface area contributed by atoms with E-state index in [1.807, 2.05) is 0 Å². The van der Waals surface area contributed by atoms with Crippen molar-refractivity contribution in [1.29, 1.82) is 0 Å². The molecule has 2 rings (SSSR count). The van der Waals surface area contributed by atoms with Crippen LogP contribution in [0.2, 0.25) is 0 Å². The molecule has 1 amide bonds. The molecule has 0 spiro atoms. The molecule has 17 heavy (non-hydrogen) atoms. The van der Waals surface area contributed by atoms with Crippen molar-refractivity contribution in [3.8, 4) is 0 Å². The monoisotopic (exact) mass is 237 g/mol. The third-order valence-electron chi connectivity index (χ3n) is 3.23. The number of carboxylic acid groups (broad SMARTS) is 1. The summed E-state index contributed by atoms with van der Waals surface area (Å²) < 4.78 is 12.7. The van der Waals surface area contributed by atoms with E-state index in [1.54, 1.807) is 12.1 Å². The summed E-state index contributed by atoms with van der Waals surface area (Å²) in [7, 11) is 0. The second-order valence-electron chi connectivity index (χ2n) is 5.08. The van der Waals surface area contributed by atoms with E-state index in [0.29, 0.717) is 13.1 Å². The lowest BCUT2D eigenvalue weighted by molar-refractivity contribution is 0.132. The van der Waals surface area contributed by atoms with Crippen LogP contribution in [0.25, 0.3) is 0 Å². The molecule has 1 aliphatic carbocycles. The summed E-state index contributed by atoms with van der Waals surface area (Å²) in [4.78, 5) is 12.5. The van der Waals surface area contributed by atoms with Gasteiger partial charge in [0, 0.05) is 13.1 Å². The number of nitrogens with zero attached hydrogens (tertiary/aromatic N) is 1. The van der Waals surface area contributed by atoms with Gasteiger partial charge in [0.05, 0.1) is 0 Å². The molecule has 0 aromatic heterocycles. The highest BCUT2D eigenvalue weighted by atomic mass is 19.1. The van der Waals surface area contributed by atoms with Crippen LogP contribution in [0.3, 0.4) is 0 Å². The van der Waals surface area contributed by atoms with E-state index in [1.165, 1.54) is 17.0 Å². The van der Waals surface area contributed by atoms with Gasteiger partial charge in [0.2, 0.25) is 0 Å². The molecular weight excluding hydrogens is 221 g/mol. The van der Waals surface area contributed by atoms with Gasteiger partial charge in [-0.3, -0.25) is 0 Å². The van der Waals surface area contributed by atoms with Crippen molar-refractivity contribution in [2.24, 2.45) is 5.41 Å². The Morgan fingerprint density at radius 1 is 1.41 bits per heavy atom. The molecule has 1 N–H and O–H groups in total. The Hall–Kier alpha value is -1.58. The van der Waals surface area contributed by atoms with Crippen molar-refractivity contribution < 1.29 is 14.3 Å². The largest absolute Gasteiger partial charge is 0.465 e. The Labute approximate surface area is 99.9 Å². The maximum absolute atomic E-state index is 12.7. The lowest BCUT2D eigenvalue weighted by Gasteiger charge is -2.22. The molecule has 3 nitrogen and oxygen atoms in total. The lowest BCUT2D eigenvalue weighted by Crippen LogP contribution is -2.33. The first-order valence-corrected chi connectivity index (χ1v) is 5.71. The number of halogens is 1. The van der Waals surface area contributed by atoms with Crippen molar-refractivity contribution >= 4 is 6.09 Å². The molecule has 4 heteroatoms. The fourth-order valence-corrected chi connectivity index (χ4v) is 1.83. The summed E-state index contributed by atoms with van der Waals surface area (Å²) in [5.74, 6) is -0.301. The summed E-state index contributed by atoms with van der Waals surface area (Å²) in [5, 5.41) is 9.13. The van der Waals surface area contributed by atoms with Crippen LogP contribution in [0.4, 0.5) is 9.18 Å². The van der Waals surface area contributed by atoms with Gasteiger partial charge in [-0.2, -0.15) is 0 Å². The fourth-order valence-electron chi connectivity index (χ4n) is 1.83. The van der Waals surface area contributed by atoms with Crippen molar-refractivity contribution in [3.05, 3.63) is 35.6 Å². The van der Waals surface area contributed by atoms with Gasteiger partial charge < -0.3 is 10.0 Å². The van der Waals surface area contributed by atoms with Crippen molar-refractivity contribution in [2.45, 2.75) is 26.3 Å². The maximum Gasteiger partial charge on any atom is 0.407 e. The van der Waals surface area contributed by atoms with E-state index >= 15 is 0 Å². The maximum atomic E-state index is 12.7. The average Bonchev–Trinajstić information content (AvgIpc) is 2.99. The van der Waals surface area contributed by atoms with Gasteiger partial charge in [0.15, 0.2) is 0 Å². The minimum absolute atomic E-state index is 0.151. The second kappa shape index (κ2) is 4.35.